The number of fused-ring (bicyclic) bond motifs is 3. The van der Waals surface area contributed by atoms with E-state index in [0.717, 1.165) is 102 Å². The quantitative estimate of drug-likeness (QED) is 0.231. The normalized spacial score (nSPS) is 21.7. The van der Waals surface area contributed by atoms with Crippen molar-refractivity contribution < 1.29 is 14.4 Å². The van der Waals surface area contributed by atoms with Gasteiger partial charge in [0.05, 0.1) is 40.1 Å². The van der Waals surface area contributed by atoms with E-state index in [2.05, 4.69) is 51.7 Å². The van der Waals surface area contributed by atoms with E-state index >= 15 is 0 Å². The summed E-state index contributed by atoms with van der Waals surface area (Å²) in [5, 5.41) is 30.2. The number of nitrogens with one attached hydrogen (secondary N) is 2. The Morgan fingerprint density at radius 1 is 0.944 bits per heavy atom. The summed E-state index contributed by atoms with van der Waals surface area (Å²) in [6.07, 6.45) is 9.46. The third-order valence-electron chi connectivity index (χ3n) is 11.3. The average Bonchev–Trinajstić information content (AvgIpc) is 3.93. The standard InChI is InChI=1S/C38H38N12O3S/c1-40-30-15-31(32-7-5-25-14-22(16-39)17-43-50(25)32)41-19-29(30)36-45-46-38(54-36)48-20-26-3-4-27(21-48)49(26)37(53)23-10-12-47(13-11-23)33-8-2-24(18-42-33)28-6-9-34(51)44-35(28)52/h2,5,7-8,14-15,17-19,23,26-28H,3-4,6,9-13,20-21H2,1H3,(H,40,41)(H,44,51,52)/t26?,27?,28-/m1/s1. The molecule has 16 heteroatoms. The van der Waals surface area contributed by atoms with E-state index in [4.69, 9.17) is 4.98 Å². The van der Waals surface area contributed by atoms with Crippen LogP contribution in [0.4, 0.5) is 16.6 Å². The number of piperidine rings is 2. The van der Waals surface area contributed by atoms with E-state index in [1.54, 1.807) is 23.0 Å². The molecule has 3 amide bonds. The number of carbonyl (C=O) groups is 3. The lowest BCUT2D eigenvalue weighted by Crippen LogP contribution is -2.58. The van der Waals surface area contributed by atoms with Gasteiger partial charge in [0.2, 0.25) is 22.9 Å². The first-order valence-corrected chi connectivity index (χ1v) is 19.2. The second-order valence-corrected chi connectivity index (χ2v) is 15.4. The van der Waals surface area contributed by atoms with Gasteiger partial charge in [0.25, 0.3) is 0 Å². The van der Waals surface area contributed by atoms with Gasteiger partial charge >= 0.3 is 0 Å². The number of hydrogen-bond donors (Lipinski definition) is 2. The fourth-order valence-corrected chi connectivity index (χ4v) is 9.35. The van der Waals surface area contributed by atoms with Crippen molar-refractivity contribution in [1.82, 2.24) is 40.0 Å². The maximum atomic E-state index is 14.0. The number of carbonyl (C=O) groups excluding carboxylic acids is 3. The first-order chi connectivity index (χ1) is 26.4. The van der Waals surface area contributed by atoms with Crippen LogP contribution in [-0.2, 0) is 14.4 Å². The summed E-state index contributed by atoms with van der Waals surface area (Å²) in [5.74, 6) is 0.262. The van der Waals surface area contributed by atoms with Crippen LogP contribution in [-0.4, -0.2) is 97.7 Å². The summed E-state index contributed by atoms with van der Waals surface area (Å²) >= 11 is 1.54. The van der Waals surface area contributed by atoms with Gasteiger partial charge in [0.1, 0.15) is 11.9 Å². The molecule has 4 aliphatic rings. The zero-order chi connectivity index (χ0) is 36.9. The van der Waals surface area contributed by atoms with Crippen molar-refractivity contribution in [3.8, 4) is 28.0 Å². The van der Waals surface area contributed by atoms with Gasteiger partial charge in [0.15, 0.2) is 5.01 Å². The molecule has 2 unspecified atom stereocenters. The van der Waals surface area contributed by atoms with Gasteiger partial charge in [-0.05, 0) is 68.0 Å². The fraction of sp³-hybridized carbons (Fsp3) is 0.395. The van der Waals surface area contributed by atoms with E-state index in [1.165, 1.54) is 11.3 Å². The molecule has 4 saturated heterocycles. The van der Waals surface area contributed by atoms with Gasteiger partial charge in [-0.2, -0.15) is 10.4 Å². The lowest BCUT2D eigenvalue weighted by atomic mass is 9.91. The van der Waals surface area contributed by atoms with Crippen LogP contribution < -0.4 is 20.4 Å². The predicted octanol–water partition coefficient (Wildman–Crippen LogP) is 3.84. The Hall–Kier alpha value is -5.95. The second kappa shape index (κ2) is 13.8. The van der Waals surface area contributed by atoms with Crippen LogP contribution in [0.25, 0.3) is 27.5 Å². The Morgan fingerprint density at radius 3 is 2.48 bits per heavy atom. The third-order valence-corrected chi connectivity index (χ3v) is 12.3. The summed E-state index contributed by atoms with van der Waals surface area (Å²) in [6, 6.07) is 13.9. The molecule has 9 rings (SSSR count). The largest absolute Gasteiger partial charge is 0.387 e. The molecule has 15 nitrogen and oxygen atoms in total. The van der Waals surface area contributed by atoms with E-state index in [-0.39, 0.29) is 41.6 Å². The van der Waals surface area contributed by atoms with Gasteiger partial charge in [-0.15, -0.1) is 10.2 Å². The highest BCUT2D eigenvalue weighted by Crippen LogP contribution is 2.39. The number of rotatable bonds is 7. The molecule has 9 heterocycles. The van der Waals surface area contributed by atoms with E-state index < -0.39 is 0 Å². The summed E-state index contributed by atoms with van der Waals surface area (Å²) in [7, 11) is 1.87. The van der Waals surface area contributed by atoms with Crippen LogP contribution in [0.15, 0.2) is 55.0 Å². The number of hydrogen-bond acceptors (Lipinski definition) is 13. The number of nitriles is 1. The lowest BCUT2D eigenvalue weighted by Gasteiger charge is -2.43. The van der Waals surface area contributed by atoms with E-state index in [1.807, 2.05) is 43.6 Å². The topological polar surface area (TPSA) is 178 Å². The molecule has 54 heavy (non-hydrogen) atoms. The van der Waals surface area contributed by atoms with Crippen molar-refractivity contribution in [2.45, 2.75) is 56.5 Å². The molecule has 0 spiro atoms. The molecule has 4 aliphatic heterocycles. The molecule has 0 saturated carbocycles. The van der Waals surface area contributed by atoms with Crippen molar-refractivity contribution in [1.29, 1.82) is 5.26 Å². The van der Waals surface area contributed by atoms with Crippen LogP contribution in [0.1, 0.15) is 55.6 Å². The number of piperazine rings is 1. The zero-order valence-corrected chi connectivity index (χ0v) is 30.5. The van der Waals surface area contributed by atoms with Gasteiger partial charge in [0, 0.05) is 75.7 Å². The smallest absolute Gasteiger partial charge is 0.234 e. The highest BCUT2D eigenvalue weighted by Gasteiger charge is 2.45. The van der Waals surface area contributed by atoms with Crippen LogP contribution >= 0.6 is 11.3 Å². The highest BCUT2D eigenvalue weighted by atomic mass is 32.1. The molecule has 2 bridgehead atoms. The zero-order valence-electron chi connectivity index (χ0n) is 29.7. The van der Waals surface area contributed by atoms with Gasteiger partial charge in [-0.1, -0.05) is 17.4 Å². The van der Waals surface area contributed by atoms with Crippen LogP contribution in [0.5, 0.6) is 0 Å². The first kappa shape index (κ1) is 33.9. The maximum absolute atomic E-state index is 14.0. The molecule has 3 atom stereocenters. The Labute approximate surface area is 315 Å². The Balaban J connectivity index is 0.829. The third kappa shape index (κ3) is 6.07. The van der Waals surface area contributed by atoms with Gasteiger partial charge in [-0.25, -0.2) is 9.50 Å². The van der Waals surface area contributed by atoms with E-state index in [0.29, 0.717) is 18.4 Å². The number of pyridine rings is 2. The second-order valence-electron chi connectivity index (χ2n) is 14.4. The van der Waals surface area contributed by atoms with Crippen LogP contribution in [0.3, 0.4) is 0 Å². The Kier molecular flexibility index (Phi) is 8.65. The average molecular weight is 743 g/mol. The monoisotopic (exact) mass is 742 g/mol. The molecule has 2 N–H and O–H groups in total. The minimum Gasteiger partial charge on any atom is -0.387 e. The minimum absolute atomic E-state index is 0.0159. The molecule has 274 valence electrons. The van der Waals surface area contributed by atoms with Crippen molar-refractivity contribution in [2.75, 3.05) is 48.3 Å². The Morgan fingerprint density at radius 2 is 1.76 bits per heavy atom. The van der Waals surface area contributed by atoms with Crippen molar-refractivity contribution in [3.63, 3.8) is 0 Å². The number of aromatic nitrogens is 6. The molecular formula is C38H38N12O3S. The maximum Gasteiger partial charge on any atom is 0.234 e. The molecule has 0 radical (unpaired) electrons. The highest BCUT2D eigenvalue weighted by molar-refractivity contribution is 7.18. The summed E-state index contributed by atoms with van der Waals surface area (Å²) in [6.45, 7) is 2.96. The van der Waals surface area contributed by atoms with Crippen molar-refractivity contribution in [3.05, 3.63) is 66.1 Å². The summed E-state index contributed by atoms with van der Waals surface area (Å²) in [4.78, 5) is 53.9. The van der Waals surface area contributed by atoms with Crippen molar-refractivity contribution >= 4 is 51.2 Å². The van der Waals surface area contributed by atoms with E-state index in [9.17, 15) is 19.6 Å². The Bertz CT molecular complexity index is 2290. The number of imide groups is 1. The van der Waals surface area contributed by atoms with Gasteiger partial charge < -0.3 is 20.0 Å². The molecule has 0 aromatic carbocycles. The molecule has 4 fully saturated rings. The predicted molar refractivity (Wildman–Crippen MR) is 202 cm³/mol. The SMILES string of the molecule is CNc1cc(-c2ccc3cc(C#N)cnn23)ncc1-c1nnc(N2CC3CCC(C2)N3C(=O)C2CCN(c3ccc([C@H]4CCC(=O)NC4=O)cn3)CC2)s1. The first-order valence-electron chi connectivity index (χ1n) is 18.4. The summed E-state index contributed by atoms with van der Waals surface area (Å²) < 4.78 is 1.78. The number of amides is 3. The van der Waals surface area contributed by atoms with Crippen molar-refractivity contribution in [2.24, 2.45) is 5.92 Å². The fourth-order valence-electron chi connectivity index (χ4n) is 8.47. The van der Waals surface area contributed by atoms with Gasteiger partial charge in [-0.3, -0.25) is 24.7 Å². The van der Waals surface area contributed by atoms with Crippen LogP contribution in [0, 0.1) is 17.2 Å². The summed E-state index contributed by atoms with van der Waals surface area (Å²) in [5.41, 5.74) is 5.43. The van der Waals surface area contributed by atoms with Crippen LogP contribution in [0.2, 0.25) is 0 Å². The lowest BCUT2D eigenvalue weighted by molar-refractivity contribution is -0.139. The molecular weight excluding hydrogens is 705 g/mol. The number of anilines is 3. The number of nitrogens with zero attached hydrogens (tertiary/aromatic N) is 10. The molecule has 0 aliphatic carbocycles. The molecule has 5 aromatic heterocycles. The minimum atomic E-state index is -0.351. The molecule has 5 aromatic rings.